The molecule has 1 aromatic heterocycles. The fourth-order valence-electron chi connectivity index (χ4n) is 1.12. The summed E-state index contributed by atoms with van der Waals surface area (Å²) in [6.07, 6.45) is 0. The molecule has 1 aromatic rings. The Morgan fingerprint density at radius 2 is 1.94 bits per heavy atom. The molecule has 6 heteroatoms. The van der Waals surface area contributed by atoms with Crippen molar-refractivity contribution in [3.05, 3.63) is 6.07 Å². The van der Waals surface area contributed by atoms with Crippen molar-refractivity contribution in [1.29, 1.82) is 0 Å². The van der Waals surface area contributed by atoms with Crippen LogP contribution in [0, 0.1) is 5.92 Å². The molecule has 0 aliphatic heterocycles. The topological polar surface area (TPSA) is 79.5 Å². The number of methoxy groups -OCH3 is 1. The Kier molecular flexibility index (Phi) is 5.48. The first-order valence-electron chi connectivity index (χ1n) is 5.51. The minimum Gasteiger partial charge on any atom is -0.481 e. The molecule has 0 aromatic carbocycles. The summed E-state index contributed by atoms with van der Waals surface area (Å²) in [6, 6.07) is 1.58. The zero-order chi connectivity index (χ0) is 12.7. The van der Waals surface area contributed by atoms with Gasteiger partial charge < -0.3 is 19.9 Å². The Morgan fingerprint density at radius 1 is 1.24 bits per heavy atom. The molecule has 0 aliphatic rings. The predicted molar refractivity (Wildman–Crippen MR) is 64.1 cm³/mol. The van der Waals surface area contributed by atoms with Crippen molar-refractivity contribution in [2.45, 2.75) is 13.8 Å². The largest absolute Gasteiger partial charge is 0.481 e. The molecule has 2 N–H and O–H groups in total. The number of hydrogen-bond donors (Lipinski definition) is 1. The van der Waals surface area contributed by atoms with Gasteiger partial charge >= 0.3 is 0 Å². The average molecular weight is 241 g/mol. The monoisotopic (exact) mass is 241 g/mol. The number of nitrogens with two attached hydrogens (primary N) is 1. The van der Waals surface area contributed by atoms with Gasteiger partial charge in [-0.05, 0) is 5.92 Å². The zero-order valence-electron chi connectivity index (χ0n) is 10.5. The minimum atomic E-state index is 0.127. The van der Waals surface area contributed by atoms with E-state index in [4.69, 9.17) is 19.9 Å². The van der Waals surface area contributed by atoms with Crippen molar-refractivity contribution in [1.82, 2.24) is 9.97 Å². The molecule has 0 unspecified atom stereocenters. The molecule has 0 amide bonds. The molecule has 6 nitrogen and oxygen atoms in total. The second-order valence-corrected chi connectivity index (χ2v) is 3.92. The summed E-state index contributed by atoms with van der Waals surface area (Å²) in [7, 11) is 1.51. The Morgan fingerprint density at radius 3 is 2.59 bits per heavy atom. The third kappa shape index (κ3) is 5.35. The van der Waals surface area contributed by atoms with Crippen molar-refractivity contribution in [3.8, 4) is 11.8 Å². The van der Waals surface area contributed by atoms with Crippen LogP contribution in [0.25, 0.3) is 0 Å². The maximum atomic E-state index is 5.49. The van der Waals surface area contributed by atoms with Gasteiger partial charge in [0.05, 0.1) is 19.8 Å². The van der Waals surface area contributed by atoms with Crippen LogP contribution in [0.2, 0.25) is 0 Å². The quantitative estimate of drug-likeness (QED) is 0.720. The number of anilines is 1. The highest BCUT2D eigenvalue weighted by Gasteiger charge is 2.03. The molecule has 1 heterocycles. The first-order chi connectivity index (χ1) is 8.11. The van der Waals surface area contributed by atoms with Gasteiger partial charge in [0.2, 0.25) is 17.7 Å². The van der Waals surface area contributed by atoms with Crippen LogP contribution in [-0.2, 0) is 4.74 Å². The van der Waals surface area contributed by atoms with Crippen molar-refractivity contribution in [3.63, 3.8) is 0 Å². The van der Waals surface area contributed by atoms with Crippen molar-refractivity contribution < 1.29 is 14.2 Å². The van der Waals surface area contributed by atoms with Gasteiger partial charge in [-0.25, -0.2) is 0 Å². The highest BCUT2D eigenvalue weighted by atomic mass is 16.5. The van der Waals surface area contributed by atoms with Gasteiger partial charge in [-0.1, -0.05) is 13.8 Å². The van der Waals surface area contributed by atoms with Crippen LogP contribution in [0.1, 0.15) is 13.8 Å². The molecule has 0 atom stereocenters. The van der Waals surface area contributed by atoms with Crippen molar-refractivity contribution in [2.24, 2.45) is 5.92 Å². The Bertz CT molecular complexity index is 345. The first-order valence-corrected chi connectivity index (χ1v) is 5.51. The summed E-state index contributed by atoms with van der Waals surface area (Å²) >= 11 is 0. The molecular weight excluding hydrogens is 222 g/mol. The number of aromatic nitrogens is 2. The maximum absolute atomic E-state index is 5.49. The molecule has 0 fully saturated rings. The van der Waals surface area contributed by atoms with Crippen LogP contribution < -0.4 is 15.2 Å². The second kappa shape index (κ2) is 6.90. The molecule has 0 saturated carbocycles. The summed E-state index contributed by atoms with van der Waals surface area (Å²) in [5.41, 5.74) is 5.49. The van der Waals surface area contributed by atoms with Crippen LogP contribution in [-0.4, -0.2) is 36.9 Å². The van der Waals surface area contributed by atoms with Crippen LogP contribution in [0.5, 0.6) is 11.8 Å². The van der Waals surface area contributed by atoms with Gasteiger partial charge in [0, 0.05) is 6.61 Å². The molecule has 0 saturated heterocycles. The predicted octanol–water partition coefficient (Wildman–Crippen LogP) is 1.12. The lowest BCUT2D eigenvalue weighted by Gasteiger charge is -2.09. The Hall–Kier alpha value is -1.56. The Labute approximate surface area is 101 Å². The number of hydrogen-bond acceptors (Lipinski definition) is 6. The molecule has 0 radical (unpaired) electrons. The van der Waals surface area contributed by atoms with E-state index < -0.39 is 0 Å². The molecule has 17 heavy (non-hydrogen) atoms. The lowest BCUT2D eigenvalue weighted by atomic mass is 10.2. The smallest absolute Gasteiger partial charge is 0.226 e. The van der Waals surface area contributed by atoms with E-state index in [9.17, 15) is 0 Å². The van der Waals surface area contributed by atoms with E-state index in [0.29, 0.717) is 30.9 Å². The van der Waals surface area contributed by atoms with Gasteiger partial charge in [0.1, 0.15) is 6.61 Å². The van der Waals surface area contributed by atoms with E-state index in [2.05, 4.69) is 23.8 Å². The van der Waals surface area contributed by atoms with Crippen LogP contribution >= 0.6 is 0 Å². The van der Waals surface area contributed by atoms with Gasteiger partial charge in [-0.15, -0.1) is 0 Å². The highest BCUT2D eigenvalue weighted by molar-refractivity contribution is 5.29. The van der Waals surface area contributed by atoms with E-state index >= 15 is 0 Å². The summed E-state index contributed by atoms with van der Waals surface area (Å²) in [5.74, 6) is 1.42. The van der Waals surface area contributed by atoms with E-state index in [1.54, 1.807) is 6.07 Å². The van der Waals surface area contributed by atoms with Crippen LogP contribution in [0.3, 0.4) is 0 Å². The zero-order valence-corrected chi connectivity index (χ0v) is 10.5. The van der Waals surface area contributed by atoms with Crippen LogP contribution in [0.4, 0.5) is 5.95 Å². The molecule has 0 aliphatic carbocycles. The molecular formula is C11H19N3O3. The SMILES string of the molecule is COc1cc(OCCOCC(C)C)nc(N)n1. The van der Waals surface area contributed by atoms with E-state index in [-0.39, 0.29) is 5.95 Å². The highest BCUT2D eigenvalue weighted by Crippen LogP contribution is 2.15. The first kappa shape index (κ1) is 13.5. The standard InChI is InChI=1S/C11H19N3O3/c1-8(2)7-16-4-5-17-10-6-9(15-3)13-11(12)14-10/h6,8H,4-5,7H2,1-3H3,(H2,12,13,14). The third-order valence-corrected chi connectivity index (χ3v) is 1.83. The number of nitrogens with zero attached hydrogens (tertiary/aromatic N) is 2. The summed E-state index contributed by atoms with van der Waals surface area (Å²) in [6.45, 7) is 5.85. The molecule has 0 spiro atoms. The number of rotatable bonds is 7. The van der Waals surface area contributed by atoms with Gasteiger partial charge in [0.15, 0.2) is 0 Å². The van der Waals surface area contributed by atoms with Crippen molar-refractivity contribution in [2.75, 3.05) is 32.7 Å². The molecule has 0 bridgehead atoms. The summed E-state index contributed by atoms with van der Waals surface area (Å²) in [5, 5.41) is 0. The third-order valence-electron chi connectivity index (χ3n) is 1.83. The van der Waals surface area contributed by atoms with Gasteiger partial charge in [0.25, 0.3) is 0 Å². The lowest BCUT2D eigenvalue weighted by Crippen LogP contribution is -2.11. The van der Waals surface area contributed by atoms with Gasteiger partial charge in [-0.2, -0.15) is 9.97 Å². The van der Waals surface area contributed by atoms with E-state index in [0.717, 1.165) is 6.61 Å². The van der Waals surface area contributed by atoms with Crippen LogP contribution in [0.15, 0.2) is 6.07 Å². The van der Waals surface area contributed by atoms with E-state index in [1.165, 1.54) is 7.11 Å². The average Bonchev–Trinajstić information content (AvgIpc) is 2.27. The number of ether oxygens (including phenoxy) is 3. The normalized spacial score (nSPS) is 10.6. The fraction of sp³-hybridized carbons (Fsp3) is 0.636. The summed E-state index contributed by atoms with van der Waals surface area (Å²) in [4.78, 5) is 7.78. The van der Waals surface area contributed by atoms with Gasteiger partial charge in [-0.3, -0.25) is 0 Å². The fourth-order valence-corrected chi connectivity index (χ4v) is 1.12. The number of nitrogen functional groups attached to an aromatic ring is 1. The second-order valence-electron chi connectivity index (χ2n) is 3.92. The molecule has 1 rings (SSSR count). The van der Waals surface area contributed by atoms with E-state index in [1.807, 2.05) is 0 Å². The summed E-state index contributed by atoms with van der Waals surface area (Å²) < 4.78 is 15.7. The maximum Gasteiger partial charge on any atom is 0.226 e. The molecule has 96 valence electrons. The van der Waals surface area contributed by atoms with Crippen molar-refractivity contribution >= 4 is 5.95 Å². The Balaban J connectivity index is 2.33. The lowest BCUT2D eigenvalue weighted by molar-refractivity contribution is 0.0805. The minimum absolute atomic E-state index is 0.127.